The Hall–Kier alpha value is -2.64. The molecule has 0 radical (unpaired) electrons. The molecule has 0 saturated heterocycles. The highest BCUT2D eigenvalue weighted by molar-refractivity contribution is 5.96. The van der Waals surface area contributed by atoms with Crippen molar-refractivity contribution in [3.8, 4) is 0 Å². The smallest absolute Gasteiger partial charge is 0.158 e. The summed E-state index contributed by atoms with van der Waals surface area (Å²) >= 11 is 0. The maximum atomic E-state index is 12.7. The molecule has 0 spiro atoms. The number of hydrogen-bond acceptors (Lipinski definition) is 7. The summed E-state index contributed by atoms with van der Waals surface area (Å²) in [5.74, 6) is 5.34. The number of carbonyl (C=O) groups excluding carboxylic acids is 1. The number of carbonyl (C=O) groups is 1. The number of allylic oxidation sites excluding steroid dienone is 3. The molecule has 1 atom stereocenters. The second-order valence-corrected chi connectivity index (χ2v) is 8.84. The summed E-state index contributed by atoms with van der Waals surface area (Å²) < 4.78 is 5.83. The number of nitrogens with zero attached hydrogens (tertiary/aromatic N) is 1. The molecule has 2 rings (SSSR count). The molecule has 0 amide bonds. The lowest BCUT2D eigenvalue weighted by Gasteiger charge is -2.33. The average Bonchev–Trinajstić information content (AvgIpc) is 2.70. The Morgan fingerprint density at radius 3 is 2.63 bits per heavy atom. The highest BCUT2D eigenvalue weighted by atomic mass is 16.5. The zero-order valence-electron chi connectivity index (χ0n) is 18.7. The van der Waals surface area contributed by atoms with E-state index in [1.165, 1.54) is 6.20 Å². The lowest BCUT2D eigenvalue weighted by atomic mass is 9.78. The predicted molar refractivity (Wildman–Crippen MR) is 120 cm³/mol. The van der Waals surface area contributed by atoms with Gasteiger partial charge in [-0.3, -0.25) is 15.6 Å². The Labute approximate surface area is 179 Å². The molecule has 0 saturated carbocycles. The van der Waals surface area contributed by atoms with E-state index in [1.807, 2.05) is 25.3 Å². The fourth-order valence-electron chi connectivity index (χ4n) is 3.54. The van der Waals surface area contributed by atoms with Gasteiger partial charge in [0.05, 0.1) is 18.9 Å². The SMILES string of the molecule is CC(=O)C1=C(CCC(C)(C)C)NC(COC/C(=C/N)NN)=C(C)C1c1cccnc1. The molecule has 6 N–H and O–H groups in total. The Morgan fingerprint density at radius 2 is 2.10 bits per heavy atom. The Balaban J connectivity index is 2.41. The fourth-order valence-corrected chi connectivity index (χ4v) is 3.54. The molecule has 7 nitrogen and oxygen atoms in total. The second kappa shape index (κ2) is 10.4. The van der Waals surface area contributed by atoms with Gasteiger partial charge in [0, 0.05) is 41.5 Å². The van der Waals surface area contributed by atoms with Gasteiger partial charge in [-0.1, -0.05) is 26.8 Å². The predicted octanol–water partition coefficient (Wildman–Crippen LogP) is 2.99. The number of ketones is 1. The van der Waals surface area contributed by atoms with Crippen molar-refractivity contribution >= 4 is 5.78 Å². The van der Waals surface area contributed by atoms with Crippen molar-refractivity contribution in [2.24, 2.45) is 17.0 Å². The molecule has 0 fully saturated rings. The van der Waals surface area contributed by atoms with Gasteiger partial charge >= 0.3 is 0 Å². The first-order chi connectivity index (χ1) is 14.2. The number of pyridine rings is 1. The summed E-state index contributed by atoms with van der Waals surface area (Å²) in [7, 11) is 0. The molecule has 2 heterocycles. The van der Waals surface area contributed by atoms with Crippen LogP contribution in [-0.4, -0.2) is 24.0 Å². The van der Waals surface area contributed by atoms with Gasteiger partial charge in [0.25, 0.3) is 0 Å². The summed E-state index contributed by atoms with van der Waals surface area (Å²) in [6.07, 6.45) is 6.69. The van der Waals surface area contributed by atoms with Crippen molar-refractivity contribution < 1.29 is 9.53 Å². The van der Waals surface area contributed by atoms with Crippen molar-refractivity contribution in [1.29, 1.82) is 0 Å². The second-order valence-electron chi connectivity index (χ2n) is 8.84. The number of dihydropyridines is 1. The summed E-state index contributed by atoms with van der Waals surface area (Å²) in [5, 5.41) is 3.51. The zero-order chi connectivity index (χ0) is 22.3. The first-order valence-electron chi connectivity index (χ1n) is 10.2. The summed E-state index contributed by atoms with van der Waals surface area (Å²) in [6.45, 7) is 10.9. The lowest BCUT2D eigenvalue weighted by Crippen LogP contribution is -2.32. The third kappa shape index (κ3) is 6.18. The van der Waals surface area contributed by atoms with Crippen LogP contribution < -0.4 is 22.3 Å². The Bertz CT molecular complexity index is 835. The van der Waals surface area contributed by atoms with Crippen molar-refractivity contribution in [3.05, 3.63) is 64.5 Å². The number of rotatable bonds is 9. The van der Waals surface area contributed by atoms with Crippen molar-refractivity contribution in [1.82, 2.24) is 15.7 Å². The highest BCUT2D eigenvalue weighted by Crippen LogP contribution is 2.39. The van der Waals surface area contributed by atoms with Crippen molar-refractivity contribution in [2.75, 3.05) is 13.2 Å². The molecule has 30 heavy (non-hydrogen) atoms. The topological polar surface area (TPSA) is 115 Å². The van der Waals surface area contributed by atoms with E-state index in [1.54, 1.807) is 13.1 Å². The van der Waals surface area contributed by atoms with Crippen LogP contribution in [-0.2, 0) is 9.53 Å². The molecular formula is C23H35N5O2. The van der Waals surface area contributed by atoms with Crippen molar-refractivity contribution in [2.45, 2.75) is 53.4 Å². The third-order valence-corrected chi connectivity index (χ3v) is 5.24. The molecule has 0 aliphatic carbocycles. The van der Waals surface area contributed by atoms with Gasteiger partial charge in [0.2, 0.25) is 0 Å². The molecule has 1 aromatic rings. The van der Waals surface area contributed by atoms with Crippen LogP contribution in [0, 0.1) is 5.41 Å². The van der Waals surface area contributed by atoms with E-state index in [-0.39, 0.29) is 23.7 Å². The quantitative estimate of drug-likeness (QED) is 0.363. The normalized spacial score (nSPS) is 17.8. The first-order valence-corrected chi connectivity index (χ1v) is 10.2. The van der Waals surface area contributed by atoms with Gasteiger partial charge in [-0.25, -0.2) is 0 Å². The summed E-state index contributed by atoms with van der Waals surface area (Å²) in [6, 6.07) is 3.92. The lowest BCUT2D eigenvalue weighted by molar-refractivity contribution is -0.113. The average molecular weight is 414 g/mol. The number of ether oxygens (including phenoxy) is 1. The molecule has 1 unspecified atom stereocenters. The van der Waals surface area contributed by atoms with Gasteiger partial charge in [0.1, 0.15) is 0 Å². The monoisotopic (exact) mass is 413 g/mol. The third-order valence-electron chi connectivity index (χ3n) is 5.24. The number of nitrogens with two attached hydrogens (primary N) is 2. The van der Waals surface area contributed by atoms with Gasteiger partial charge in [-0.2, -0.15) is 0 Å². The van der Waals surface area contributed by atoms with E-state index in [4.69, 9.17) is 16.3 Å². The fraction of sp³-hybridized carbons (Fsp3) is 0.478. The molecule has 164 valence electrons. The molecule has 0 aromatic carbocycles. The molecule has 0 bridgehead atoms. The highest BCUT2D eigenvalue weighted by Gasteiger charge is 2.32. The van der Waals surface area contributed by atoms with Gasteiger partial charge < -0.3 is 21.2 Å². The van der Waals surface area contributed by atoms with E-state index >= 15 is 0 Å². The maximum absolute atomic E-state index is 12.7. The zero-order valence-corrected chi connectivity index (χ0v) is 18.7. The van der Waals surface area contributed by atoms with Crippen LogP contribution in [0.1, 0.15) is 58.9 Å². The van der Waals surface area contributed by atoms with E-state index in [0.717, 1.165) is 40.9 Å². The van der Waals surface area contributed by atoms with Crippen LogP contribution in [0.3, 0.4) is 0 Å². The van der Waals surface area contributed by atoms with E-state index in [2.05, 4.69) is 36.5 Å². The minimum absolute atomic E-state index is 0.0697. The number of aromatic nitrogens is 1. The van der Waals surface area contributed by atoms with E-state index in [9.17, 15) is 4.79 Å². The van der Waals surface area contributed by atoms with E-state index in [0.29, 0.717) is 12.3 Å². The van der Waals surface area contributed by atoms with Crippen LogP contribution in [0.25, 0.3) is 0 Å². The standard InChI is InChI=1S/C23H35N5O2/c1-15-20(14-30-13-18(11-24)28-25)27-19(8-9-23(3,4)5)22(16(2)29)21(15)17-7-6-10-26-12-17/h6-7,10-12,21,27-28H,8-9,13-14,24-25H2,1-5H3/b18-11-. The maximum Gasteiger partial charge on any atom is 0.158 e. The summed E-state index contributed by atoms with van der Waals surface area (Å²) in [4.78, 5) is 17.0. The largest absolute Gasteiger partial charge is 0.403 e. The number of hydrogen-bond donors (Lipinski definition) is 4. The number of Topliss-reactive ketones (excluding diaryl/α,β-unsaturated/α-hetero) is 1. The van der Waals surface area contributed by atoms with Crippen LogP contribution in [0.2, 0.25) is 0 Å². The Morgan fingerprint density at radius 1 is 1.37 bits per heavy atom. The van der Waals surface area contributed by atoms with Gasteiger partial charge in [-0.05, 0) is 49.3 Å². The van der Waals surface area contributed by atoms with Crippen molar-refractivity contribution in [3.63, 3.8) is 0 Å². The first kappa shape index (κ1) is 23.6. The van der Waals surface area contributed by atoms with Gasteiger partial charge in [-0.15, -0.1) is 0 Å². The Kier molecular flexibility index (Phi) is 8.20. The molecular weight excluding hydrogens is 378 g/mol. The summed E-state index contributed by atoms with van der Waals surface area (Å²) in [5.41, 5.74) is 13.5. The van der Waals surface area contributed by atoms with Crippen LogP contribution in [0.5, 0.6) is 0 Å². The van der Waals surface area contributed by atoms with Crippen LogP contribution >= 0.6 is 0 Å². The molecule has 1 aromatic heterocycles. The van der Waals surface area contributed by atoms with Gasteiger partial charge in [0.15, 0.2) is 5.78 Å². The number of hydrazine groups is 1. The molecule has 1 aliphatic heterocycles. The number of nitrogens with one attached hydrogen (secondary N) is 2. The minimum atomic E-state index is -0.150. The molecule has 1 aliphatic rings. The van der Waals surface area contributed by atoms with Crippen LogP contribution in [0.15, 0.2) is 59.0 Å². The minimum Gasteiger partial charge on any atom is -0.403 e. The molecule has 7 heteroatoms. The van der Waals surface area contributed by atoms with Crippen LogP contribution in [0.4, 0.5) is 0 Å². The van der Waals surface area contributed by atoms with E-state index < -0.39 is 0 Å².